The fraction of sp³-hybridized carbons (Fsp3) is 0.0455. The highest BCUT2D eigenvalue weighted by Gasteiger charge is 2.34. The summed E-state index contributed by atoms with van der Waals surface area (Å²) in [7, 11) is 0. The molecule has 1 aliphatic carbocycles. The van der Waals surface area contributed by atoms with Crippen molar-refractivity contribution in [3.63, 3.8) is 0 Å². The Bertz CT molecular complexity index is 1180. The van der Waals surface area contributed by atoms with Crippen molar-refractivity contribution in [3.8, 4) is 0 Å². The molecular weight excluding hydrogens is 356 g/mol. The van der Waals surface area contributed by atoms with Gasteiger partial charge in [-0.1, -0.05) is 36.4 Å². The zero-order valence-electron chi connectivity index (χ0n) is 14.9. The van der Waals surface area contributed by atoms with Gasteiger partial charge in [0.1, 0.15) is 0 Å². The summed E-state index contributed by atoms with van der Waals surface area (Å²) in [6, 6.07) is 15.0. The fourth-order valence-corrected chi connectivity index (χ4v) is 3.46. The van der Waals surface area contributed by atoms with Crippen LogP contribution in [0, 0.1) is 6.92 Å². The Hall–Kier alpha value is -3.93. The van der Waals surface area contributed by atoms with Crippen molar-refractivity contribution in [1.82, 2.24) is 0 Å². The Labute approximate surface area is 160 Å². The molecule has 1 aliphatic rings. The van der Waals surface area contributed by atoms with Crippen LogP contribution in [-0.4, -0.2) is 17.5 Å². The molecule has 3 N–H and O–H groups in total. The number of hydrogen-bond acceptors (Lipinski definition) is 6. The van der Waals surface area contributed by atoms with E-state index in [9.17, 15) is 19.5 Å². The van der Waals surface area contributed by atoms with Crippen LogP contribution in [0.5, 0.6) is 0 Å². The van der Waals surface area contributed by atoms with E-state index in [0.717, 1.165) is 5.56 Å². The molecular formula is C22H15N2O4-. The highest BCUT2D eigenvalue weighted by molar-refractivity contribution is 6.32. The molecule has 0 radical (unpaired) electrons. The van der Waals surface area contributed by atoms with Crippen LogP contribution >= 0.6 is 0 Å². The second-order valence-electron chi connectivity index (χ2n) is 6.62. The number of nitrogens with two attached hydrogens (primary N) is 1. The van der Waals surface area contributed by atoms with E-state index in [0.29, 0.717) is 5.69 Å². The lowest BCUT2D eigenvalue weighted by molar-refractivity contribution is -0.254. The summed E-state index contributed by atoms with van der Waals surface area (Å²) < 4.78 is 0. The predicted octanol–water partition coefficient (Wildman–Crippen LogP) is 2.46. The highest BCUT2D eigenvalue weighted by Crippen LogP contribution is 2.38. The topological polar surface area (TPSA) is 112 Å². The first-order valence-electron chi connectivity index (χ1n) is 8.58. The third kappa shape index (κ3) is 2.63. The number of carboxylic acid groups (broad SMARTS) is 1. The fourth-order valence-electron chi connectivity index (χ4n) is 3.46. The summed E-state index contributed by atoms with van der Waals surface area (Å²) in [5, 5.41) is 14.6. The Balaban J connectivity index is 1.99. The highest BCUT2D eigenvalue weighted by atomic mass is 16.4. The molecule has 28 heavy (non-hydrogen) atoms. The summed E-state index contributed by atoms with van der Waals surface area (Å²) in [5.74, 6) is -2.40. The van der Waals surface area contributed by atoms with Gasteiger partial charge in [0.15, 0.2) is 11.6 Å². The van der Waals surface area contributed by atoms with Gasteiger partial charge in [-0.2, -0.15) is 0 Å². The van der Waals surface area contributed by atoms with Crippen molar-refractivity contribution < 1.29 is 19.5 Å². The molecule has 0 aliphatic heterocycles. The molecule has 3 aromatic rings. The van der Waals surface area contributed by atoms with Crippen LogP contribution in [0.3, 0.4) is 0 Å². The van der Waals surface area contributed by atoms with Crippen LogP contribution in [0.4, 0.5) is 17.1 Å². The number of benzene rings is 3. The van der Waals surface area contributed by atoms with E-state index >= 15 is 0 Å². The number of aryl methyl sites for hydroxylation is 1. The molecule has 138 valence electrons. The van der Waals surface area contributed by atoms with E-state index in [4.69, 9.17) is 5.73 Å². The zero-order chi connectivity index (χ0) is 20.0. The Kier molecular flexibility index (Phi) is 3.96. The van der Waals surface area contributed by atoms with Crippen molar-refractivity contribution in [1.29, 1.82) is 0 Å². The Morgan fingerprint density at radius 2 is 1.57 bits per heavy atom. The molecule has 0 unspecified atom stereocenters. The van der Waals surface area contributed by atoms with Crippen molar-refractivity contribution >= 4 is 34.6 Å². The molecule has 0 aromatic heterocycles. The number of rotatable bonds is 3. The van der Waals surface area contributed by atoms with Crippen LogP contribution in [0.2, 0.25) is 0 Å². The average molecular weight is 371 g/mol. The van der Waals surface area contributed by atoms with E-state index in [1.165, 1.54) is 12.1 Å². The number of nitrogen functional groups attached to an aromatic ring is 1. The first-order valence-corrected chi connectivity index (χ1v) is 8.58. The van der Waals surface area contributed by atoms with Gasteiger partial charge in [0, 0.05) is 22.4 Å². The van der Waals surface area contributed by atoms with Crippen molar-refractivity contribution in [2.45, 2.75) is 6.92 Å². The molecule has 6 nitrogen and oxygen atoms in total. The average Bonchev–Trinajstić information content (AvgIpc) is 2.67. The van der Waals surface area contributed by atoms with Gasteiger partial charge in [0.2, 0.25) is 0 Å². The molecule has 0 fully saturated rings. The van der Waals surface area contributed by atoms with E-state index in [-0.39, 0.29) is 39.2 Å². The molecule has 0 spiro atoms. The van der Waals surface area contributed by atoms with E-state index in [1.54, 1.807) is 24.3 Å². The number of fused-ring (bicyclic) bond motifs is 2. The monoisotopic (exact) mass is 371 g/mol. The van der Waals surface area contributed by atoms with Gasteiger partial charge < -0.3 is 21.0 Å². The molecule has 3 aromatic carbocycles. The number of hydrogen-bond donors (Lipinski definition) is 2. The largest absolute Gasteiger partial charge is 0.545 e. The predicted molar refractivity (Wildman–Crippen MR) is 103 cm³/mol. The van der Waals surface area contributed by atoms with Crippen LogP contribution in [0.25, 0.3) is 0 Å². The minimum atomic E-state index is -1.52. The van der Waals surface area contributed by atoms with Crippen LogP contribution in [-0.2, 0) is 0 Å². The van der Waals surface area contributed by atoms with E-state index in [1.807, 2.05) is 25.1 Å². The van der Waals surface area contributed by atoms with Crippen molar-refractivity contribution in [3.05, 3.63) is 88.0 Å². The minimum absolute atomic E-state index is 0.0627. The lowest BCUT2D eigenvalue weighted by atomic mass is 9.81. The number of ketones is 2. The zero-order valence-corrected chi connectivity index (χ0v) is 14.9. The number of anilines is 3. The molecule has 0 heterocycles. The first-order chi connectivity index (χ1) is 13.4. The molecule has 0 amide bonds. The van der Waals surface area contributed by atoms with Crippen molar-refractivity contribution in [2.24, 2.45) is 0 Å². The van der Waals surface area contributed by atoms with Crippen LogP contribution in [0.1, 0.15) is 47.8 Å². The number of carboxylic acids is 1. The molecule has 0 atom stereocenters. The standard InChI is InChI=1S/C22H16N2O4/c1-11-5-4-6-12(9-11)24-16-10-15(22(27)28)19(23)18-17(16)20(25)13-7-2-3-8-14(13)21(18)26/h2-10,24H,23H2,1H3,(H,27,28)/p-1. The minimum Gasteiger partial charge on any atom is -0.545 e. The number of carbonyl (C=O) groups is 3. The summed E-state index contributed by atoms with van der Waals surface area (Å²) in [6.07, 6.45) is 0. The second kappa shape index (κ2) is 6.35. The van der Waals surface area contributed by atoms with Gasteiger partial charge in [-0.05, 0) is 30.7 Å². The van der Waals surface area contributed by atoms with Crippen LogP contribution in [0.15, 0.2) is 54.6 Å². The lowest BCUT2D eigenvalue weighted by Gasteiger charge is -2.24. The smallest absolute Gasteiger partial charge is 0.196 e. The van der Waals surface area contributed by atoms with Gasteiger partial charge in [-0.25, -0.2) is 0 Å². The maximum absolute atomic E-state index is 13.2. The third-order valence-corrected chi connectivity index (χ3v) is 4.75. The Morgan fingerprint density at radius 1 is 0.929 bits per heavy atom. The Morgan fingerprint density at radius 3 is 2.18 bits per heavy atom. The first kappa shape index (κ1) is 17.5. The third-order valence-electron chi connectivity index (χ3n) is 4.75. The quantitative estimate of drug-likeness (QED) is 0.535. The maximum atomic E-state index is 13.2. The number of nitrogens with one attached hydrogen (secondary N) is 1. The number of aromatic carboxylic acids is 1. The molecule has 0 bridgehead atoms. The maximum Gasteiger partial charge on any atom is 0.196 e. The van der Waals surface area contributed by atoms with Crippen LogP contribution < -0.4 is 16.2 Å². The summed E-state index contributed by atoms with van der Waals surface area (Å²) in [5.41, 5.74) is 7.60. The SMILES string of the molecule is Cc1cccc(Nc2cc(C(=O)[O-])c(N)c3c2C(=O)c2ccccc2C3=O)c1. The van der Waals surface area contributed by atoms with Crippen molar-refractivity contribution in [2.75, 3.05) is 11.1 Å². The van der Waals surface area contributed by atoms with Gasteiger partial charge >= 0.3 is 0 Å². The second-order valence-corrected chi connectivity index (χ2v) is 6.62. The summed E-state index contributed by atoms with van der Waals surface area (Å²) in [4.78, 5) is 37.8. The lowest BCUT2D eigenvalue weighted by Crippen LogP contribution is -2.28. The molecule has 0 saturated carbocycles. The van der Waals surface area contributed by atoms with E-state index < -0.39 is 17.5 Å². The van der Waals surface area contributed by atoms with Gasteiger partial charge in [-0.3, -0.25) is 9.59 Å². The van der Waals surface area contributed by atoms with Gasteiger partial charge in [0.25, 0.3) is 0 Å². The number of carbonyl (C=O) groups excluding carboxylic acids is 3. The summed E-state index contributed by atoms with van der Waals surface area (Å²) >= 11 is 0. The molecule has 6 heteroatoms. The normalized spacial score (nSPS) is 12.3. The van der Waals surface area contributed by atoms with Gasteiger partial charge in [0.05, 0.1) is 28.5 Å². The molecule has 4 rings (SSSR count). The molecule has 0 saturated heterocycles. The van der Waals surface area contributed by atoms with E-state index in [2.05, 4.69) is 5.32 Å². The summed E-state index contributed by atoms with van der Waals surface area (Å²) in [6.45, 7) is 1.90. The van der Waals surface area contributed by atoms with Gasteiger partial charge in [-0.15, -0.1) is 0 Å².